The summed E-state index contributed by atoms with van der Waals surface area (Å²) in [6, 6.07) is 59.4. The Morgan fingerprint density at radius 2 is 0.476 bits per heavy atom. The van der Waals surface area contributed by atoms with Gasteiger partial charge in [0.25, 0.3) is 0 Å². The van der Waals surface area contributed by atoms with Gasteiger partial charge in [-0.15, -0.1) is 0 Å². The summed E-state index contributed by atoms with van der Waals surface area (Å²) in [5, 5.41) is 0. The highest BCUT2D eigenvalue weighted by molar-refractivity contribution is 7.33. The zero-order valence-electron chi connectivity index (χ0n) is 23.0. The van der Waals surface area contributed by atoms with Gasteiger partial charge in [-0.2, -0.15) is 0 Å². The van der Waals surface area contributed by atoms with Gasteiger partial charge in [0.2, 0.25) is 11.2 Å². The second-order valence-corrected chi connectivity index (χ2v) is 10.8. The average molecular weight is 566 g/mol. The van der Waals surface area contributed by atoms with E-state index in [9.17, 15) is 4.57 Å². The SMILES string of the molecule is O=[P+](OC(c1ccccc1)(c1ccccc1)c1ccccc1)OC(c1ccccc1)(c1ccccc1)c1ccccc1. The molecule has 0 saturated carbocycles. The normalized spacial score (nSPS) is 11.6. The van der Waals surface area contributed by atoms with Gasteiger partial charge >= 0.3 is 8.25 Å². The van der Waals surface area contributed by atoms with E-state index in [1.807, 2.05) is 182 Å². The summed E-state index contributed by atoms with van der Waals surface area (Å²) in [6.07, 6.45) is 0. The monoisotopic (exact) mass is 565 g/mol. The summed E-state index contributed by atoms with van der Waals surface area (Å²) in [5.74, 6) is 0. The molecule has 0 saturated heterocycles. The molecule has 0 amide bonds. The van der Waals surface area contributed by atoms with Crippen molar-refractivity contribution in [1.29, 1.82) is 0 Å². The molecule has 0 aliphatic heterocycles. The fourth-order valence-electron chi connectivity index (χ4n) is 5.60. The maximum atomic E-state index is 14.6. The Bertz CT molecular complexity index is 1390. The van der Waals surface area contributed by atoms with Crippen LogP contribution in [0.2, 0.25) is 0 Å². The molecule has 0 aromatic heterocycles. The minimum absolute atomic E-state index is 0.846. The van der Waals surface area contributed by atoms with Crippen molar-refractivity contribution in [3.05, 3.63) is 215 Å². The summed E-state index contributed by atoms with van der Waals surface area (Å²) < 4.78 is 28.2. The summed E-state index contributed by atoms with van der Waals surface area (Å²) in [6.45, 7) is 0. The van der Waals surface area contributed by atoms with E-state index in [4.69, 9.17) is 9.05 Å². The van der Waals surface area contributed by atoms with E-state index in [1.54, 1.807) is 0 Å². The largest absolute Gasteiger partial charge is 0.700 e. The van der Waals surface area contributed by atoms with Gasteiger partial charge in [-0.25, -0.2) is 0 Å². The van der Waals surface area contributed by atoms with Crippen LogP contribution in [-0.2, 0) is 24.8 Å². The van der Waals surface area contributed by atoms with Crippen LogP contribution < -0.4 is 0 Å². The molecule has 0 bridgehead atoms. The van der Waals surface area contributed by atoms with Gasteiger partial charge in [-0.1, -0.05) is 191 Å². The van der Waals surface area contributed by atoms with E-state index in [0.29, 0.717) is 0 Å². The molecular formula is C38H30O3P+. The smallest absolute Gasteiger partial charge is 0.0976 e. The first-order valence-electron chi connectivity index (χ1n) is 13.9. The average Bonchev–Trinajstić information content (AvgIpc) is 3.08. The molecule has 0 atom stereocenters. The fourth-order valence-corrected chi connectivity index (χ4v) is 6.71. The minimum Gasteiger partial charge on any atom is -0.0976 e. The van der Waals surface area contributed by atoms with E-state index in [-0.39, 0.29) is 0 Å². The van der Waals surface area contributed by atoms with Crippen molar-refractivity contribution in [3.8, 4) is 0 Å². The van der Waals surface area contributed by atoms with Crippen LogP contribution in [0.3, 0.4) is 0 Å². The van der Waals surface area contributed by atoms with Gasteiger partial charge in [0.15, 0.2) is 0 Å². The topological polar surface area (TPSA) is 35.5 Å². The van der Waals surface area contributed by atoms with Gasteiger partial charge < -0.3 is 0 Å². The zero-order chi connectivity index (χ0) is 28.7. The lowest BCUT2D eigenvalue weighted by atomic mass is 9.80. The predicted octanol–water partition coefficient (Wildman–Crippen LogP) is 9.66. The highest BCUT2D eigenvalue weighted by Gasteiger charge is 2.52. The van der Waals surface area contributed by atoms with Crippen molar-refractivity contribution in [3.63, 3.8) is 0 Å². The van der Waals surface area contributed by atoms with Crippen molar-refractivity contribution < 1.29 is 13.6 Å². The van der Waals surface area contributed by atoms with Gasteiger partial charge in [-0.3, -0.25) is 0 Å². The Balaban J connectivity index is 1.55. The van der Waals surface area contributed by atoms with Crippen LogP contribution in [0.15, 0.2) is 182 Å². The third-order valence-corrected chi connectivity index (χ3v) is 8.35. The first-order chi connectivity index (χ1) is 20.7. The maximum Gasteiger partial charge on any atom is 0.700 e. The molecular weight excluding hydrogens is 535 g/mol. The molecule has 0 unspecified atom stereocenters. The van der Waals surface area contributed by atoms with Crippen molar-refractivity contribution >= 4 is 8.25 Å². The molecule has 0 radical (unpaired) electrons. The molecule has 0 N–H and O–H groups in total. The van der Waals surface area contributed by atoms with Crippen LogP contribution in [0, 0.1) is 0 Å². The first kappa shape index (κ1) is 27.5. The summed E-state index contributed by atoms with van der Waals surface area (Å²) in [5.41, 5.74) is 2.68. The Morgan fingerprint density at radius 3 is 0.643 bits per heavy atom. The third kappa shape index (κ3) is 5.22. The lowest BCUT2D eigenvalue weighted by Crippen LogP contribution is -2.34. The molecule has 204 valence electrons. The summed E-state index contributed by atoms with van der Waals surface area (Å²) in [4.78, 5) is 0. The second-order valence-electron chi connectivity index (χ2n) is 9.96. The molecule has 3 nitrogen and oxygen atoms in total. The number of benzene rings is 6. The molecule has 0 aliphatic carbocycles. The summed E-state index contributed by atoms with van der Waals surface area (Å²) in [7, 11) is -2.75. The molecule has 0 spiro atoms. The molecule has 6 aromatic carbocycles. The highest BCUT2D eigenvalue weighted by Crippen LogP contribution is 2.53. The van der Waals surface area contributed by atoms with E-state index in [2.05, 4.69) is 0 Å². The fraction of sp³-hybridized carbons (Fsp3) is 0.0526. The first-order valence-corrected chi connectivity index (χ1v) is 15.0. The molecule has 0 heterocycles. The number of hydrogen-bond donors (Lipinski definition) is 0. The molecule has 0 aliphatic rings. The van der Waals surface area contributed by atoms with Crippen LogP contribution in [0.4, 0.5) is 0 Å². The molecule has 42 heavy (non-hydrogen) atoms. The Labute approximate surface area is 248 Å². The number of rotatable bonds is 10. The van der Waals surface area contributed by atoms with Gasteiger partial charge in [0.1, 0.15) is 0 Å². The zero-order valence-corrected chi connectivity index (χ0v) is 23.9. The Kier molecular flexibility index (Phi) is 8.16. The van der Waals surface area contributed by atoms with Crippen LogP contribution in [0.5, 0.6) is 0 Å². The van der Waals surface area contributed by atoms with Crippen LogP contribution in [0.1, 0.15) is 33.4 Å². The maximum absolute atomic E-state index is 14.6. The van der Waals surface area contributed by atoms with Crippen LogP contribution in [-0.4, -0.2) is 0 Å². The van der Waals surface area contributed by atoms with Crippen molar-refractivity contribution in [2.24, 2.45) is 0 Å². The minimum atomic E-state index is -2.75. The predicted molar refractivity (Wildman–Crippen MR) is 168 cm³/mol. The molecule has 4 heteroatoms. The van der Waals surface area contributed by atoms with Gasteiger partial charge in [0, 0.05) is 4.57 Å². The van der Waals surface area contributed by atoms with E-state index < -0.39 is 19.5 Å². The lowest BCUT2D eigenvalue weighted by molar-refractivity contribution is 0.0829. The third-order valence-electron chi connectivity index (χ3n) is 7.50. The van der Waals surface area contributed by atoms with E-state index in [0.717, 1.165) is 33.4 Å². The molecule has 6 aromatic rings. The lowest BCUT2D eigenvalue weighted by Gasteiger charge is -2.32. The Morgan fingerprint density at radius 1 is 0.310 bits per heavy atom. The molecule has 0 fully saturated rings. The molecule has 6 rings (SSSR count). The van der Waals surface area contributed by atoms with Crippen LogP contribution in [0.25, 0.3) is 0 Å². The standard InChI is InChI=1S/C38H30O3P/c39-42(40-37(31-19-7-1-8-20-31,32-21-9-2-10-22-32)33-23-11-3-12-24-33)41-38(34-25-13-4-14-26-34,35-27-15-5-16-28-35)36-29-17-6-18-30-36/h1-30H/q+1. The van der Waals surface area contributed by atoms with Crippen molar-refractivity contribution in [2.45, 2.75) is 11.2 Å². The van der Waals surface area contributed by atoms with Crippen molar-refractivity contribution in [2.75, 3.05) is 0 Å². The second kappa shape index (κ2) is 12.5. The van der Waals surface area contributed by atoms with Crippen LogP contribution >= 0.6 is 8.25 Å². The van der Waals surface area contributed by atoms with Gasteiger partial charge in [-0.05, 0) is 33.4 Å². The number of hydrogen-bond acceptors (Lipinski definition) is 3. The highest BCUT2D eigenvalue weighted by atomic mass is 31.1. The van der Waals surface area contributed by atoms with Crippen molar-refractivity contribution in [1.82, 2.24) is 0 Å². The van der Waals surface area contributed by atoms with E-state index >= 15 is 0 Å². The quantitative estimate of drug-likeness (QED) is 0.123. The summed E-state index contributed by atoms with van der Waals surface area (Å²) >= 11 is 0. The Hall–Kier alpha value is -4.66. The van der Waals surface area contributed by atoms with Gasteiger partial charge in [0.05, 0.1) is 0 Å². The van der Waals surface area contributed by atoms with E-state index in [1.165, 1.54) is 0 Å².